The summed E-state index contributed by atoms with van der Waals surface area (Å²) < 4.78 is 7.18. The van der Waals surface area contributed by atoms with Crippen LogP contribution in [0.2, 0.25) is 0 Å². The molecule has 0 saturated carbocycles. The molecular formula is C12H18N6O. The highest BCUT2D eigenvalue weighted by molar-refractivity contribution is 5.54. The van der Waals surface area contributed by atoms with E-state index >= 15 is 0 Å². The number of aryl methyl sites for hydroxylation is 1. The second kappa shape index (κ2) is 6.12. The number of hydrogen-bond acceptors (Lipinski definition) is 6. The predicted octanol–water partition coefficient (Wildman–Crippen LogP) is 1.59. The van der Waals surface area contributed by atoms with Crippen molar-refractivity contribution >= 4 is 5.95 Å². The van der Waals surface area contributed by atoms with E-state index in [1.54, 1.807) is 6.20 Å². The van der Waals surface area contributed by atoms with E-state index < -0.39 is 0 Å². The summed E-state index contributed by atoms with van der Waals surface area (Å²) in [4.78, 5) is 12.8. The van der Waals surface area contributed by atoms with Gasteiger partial charge in [0.2, 0.25) is 5.95 Å². The summed E-state index contributed by atoms with van der Waals surface area (Å²) >= 11 is 0. The number of anilines is 1. The maximum atomic E-state index is 5.36. The van der Waals surface area contributed by atoms with Gasteiger partial charge in [0, 0.05) is 19.3 Å². The Kier molecular flexibility index (Phi) is 4.27. The van der Waals surface area contributed by atoms with Crippen molar-refractivity contribution in [3.63, 3.8) is 0 Å². The van der Waals surface area contributed by atoms with Crippen molar-refractivity contribution in [3.05, 3.63) is 12.4 Å². The molecule has 102 valence electrons. The number of aromatic nitrogens is 5. The van der Waals surface area contributed by atoms with Crippen LogP contribution < -0.4 is 10.1 Å². The van der Waals surface area contributed by atoms with Crippen LogP contribution >= 0.6 is 0 Å². The van der Waals surface area contributed by atoms with Gasteiger partial charge in [-0.25, -0.2) is 0 Å². The zero-order chi connectivity index (χ0) is 13.7. The molecule has 2 aromatic rings. The largest absolute Gasteiger partial charge is 0.464 e. The first kappa shape index (κ1) is 13.3. The normalized spacial score (nSPS) is 10.5. The van der Waals surface area contributed by atoms with Crippen LogP contribution in [0.1, 0.15) is 20.8 Å². The number of nitrogens with one attached hydrogen (secondary N) is 1. The highest BCUT2D eigenvalue weighted by Gasteiger charge is 2.10. The molecule has 0 atom stereocenters. The molecule has 0 aliphatic heterocycles. The molecule has 7 nitrogen and oxygen atoms in total. The molecule has 2 aromatic heterocycles. The Hall–Kier alpha value is -2.18. The minimum absolute atomic E-state index is 0.327. The summed E-state index contributed by atoms with van der Waals surface area (Å²) in [6.45, 7) is 7.97. The van der Waals surface area contributed by atoms with Crippen LogP contribution in [0.15, 0.2) is 12.4 Å². The van der Waals surface area contributed by atoms with Gasteiger partial charge in [-0.2, -0.15) is 20.1 Å². The van der Waals surface area contributed by atoms with Crippen LogP contribution in [0.5, 0.6) is 6.01 Å². The van der Waals surface area contributed by atoms with Gasteiger partial charge in [0.1, 0.15) is 0 Å². The molecule has 7 heteroatoms. The van der Waals surface area contributed by atoms with Crippen LogP contribution in [0, 0.1) is 0 Å². The van der Waals surface area contributed by atoms with Gasteiger partial charge in [-0.05, 0) is 20.8 Å². The number of hydrogen-bond donors (Lipinski definition) is 1. The molecule has 0 amide bonds. The SMILES string of the molecule is CCNc1nc(OCC)nc(-c2cnn(CC)c2)n1. The fourth-order valence-corrected chi connectivity index (χ4v) is 1.57. The van der Waals surface area contributed by atoms with E-state index in [1.165, 1.54) is 0 Å². The van der Waals surface area contributed by atoms with Gasteiger partial charge in [-0.1, -0.05) is 0 Å². The molecule has 0 fully saturated rings. The van der Waals surface area contributed by atoms with Crippen molar-refractivity contribution in [1.82, 2.24) is 24.7 Å². The molecule has 2 heterocycles. The van der Waals surface area contributed by atoms with Crippen LogP contribution in [-0.4, -0.2) is 37.9 Å². The lowest BCUT2D eigenvalue weighted by Gasteiger charge is -2.06. The Labute approximate surface area is 112 Å². The molecule has 0 unspecified atom stereocenters. The molecule has 0 aliphatic carbocycles. The number of ether oxygens (including phenoxy) is 1. The Morgan fingerprint density at radius 2 is 2.05 bits per heavy atom. The second-order valence-corrected chi connectivity index (χ2v) is 3.81. The van der Waals surface area contributed by atoms with Crippen molar-refractivity contribution in [3.8, 4) is 17.4 Å². The zero-order valence-corrected chi connectivity index (χ0v) is 11.4. The molecule has 0 bridgehead atoms. The molecule has 0 aromatic carbocycles. The van der Waals surface area contributed by atoms with Gasteiger partial charge in [0.25, 0.3) is 0 Å². The fraction of sp³-hybridized carbons (Fsp3) is 0.500. The van der Waals surface area contributed by atoms with Crippen molar-refractivity contribution in [1.29, 1.82) is 0 Å². The van der Waals surface area contributed by atoms with Crippen molar-refractivity contribution < 1.29 is 4.74 Å². The van der Waals surface area contributed by atoms with Gasteiger partial charge in [0.15, 0.2) is 5.82 Å². The highest BCUT2D eigenvalue weighted by atomic mass is 16.5. The summed E-state index contributed by atoms with van der Waals surface area (Å²) in [5.41, 5.74) is 0.851. The van der Waals surface area contributed by atoms with E-state index in [0.717, 1.165) is 18.7 Å². The third-order valence-corrected chi connectivity index (χ3v) is 2.44. The minimum atomic E-state index is 0.327. The molecule has 19 heavy (non-hydrogen) atoms. The van der Waals surface area contributed by atoms with E-state index in [-0.39, 0.29) is 0 Å². The Morgan fingerprint density at radius 1 is 1.21 bits per heavy atom. The van der Waals surface area contributed by atoms with Crippen molar-refractivity contribution in [2.45, 2.75) is 27.3 Å². The summed E-state index contributed by atoms with van der Waals surface area (Å²) in [6, 6.07) is 0.327. The van der Waals surface area contributed by atoms with Crippen LogP contribution in [0.25, 0.3) is 11.4 Å². The van der Waals surface area contributed by atoms with E-state index in [4.69, 9.17) is 4.74 Å². The maximum Gasteiger partial charge on any atom is 0.321 e. The average Bonchev–Trinajstić information content (AvgIpc) is 2.88. The standard InChI is InChI=1S/C12H18N6O/c1-4-13-11-15-10(16-12(17-11)19-6-3)9-7-14-18(5-2)8-9/h7-8H,4-6H2,1-3H3,(H,13,15,16,17). The molecule has 2 rings (SSSR count). The summed E-state index contributed by atoms with van der Waals surface area (Å²) in [5.74, 6) is 1.08. The summed E-state index contributed by atoms with van der Waals surface area (Å²) in [7, 11) is 0. The summed E-state index contributed by atoms with van der Waals surface area (Å²) in [5, 5.41) is 7.29. The number of rotatable bonds is 6. The van der Waals surface area contributed by atoms with Gasteiger partial charge in [0.05, 0.1) is 18.4 Å². The zero-order valence-electron chi connectivity index (χ0n) is 11.4. The van der Waals surface area contributed by atoms with Gasteiger partial charge < -0.3 is 10.1 Å². The van der Waals surface area contributed by atoms with Crippen molar-refractivity contribution in [2.24, 2.45) is 0 Å². The third-order valence-electron chi connectivity index (χ3n) is 2.44. The first-order chi connectivity index (χ1) is 9.26. The fourth-order valence-electron chi connectivity index (χ4n) is 1.57. The lowest BCUT2D eigenvalue weighted by atomic mass is 10.3. The topological polar surface area (TPSA) is 77.8 Å². The van der Waals surface area contributed by atoms with Crippen LogP contribution in [-0.2, 0) is 6.54 Å². The summed E-state index contributed by atoms with van der Waals surface area (Å²) in [6.07, 6.45) is 3.64. The molecule has 0 radical (unpaired) electrons. The van der Waals surface area contributed by atoms with E-state index in [2.05, 4.69) is 25.4 Å². The van der Waals surface area contributed by atoms with E-state index in [9.17, 15) is 0 Å². The lowest BCUT2D eigenvalue weighted by Crippen LogP contribution is -2.07. The third kappa shape index (κ3) is 3.18. The predicted molar refractivity (Wildman–Crippen MR) is 72.1 cm³/mol. The van der Waals surface area contributed by atoms with Crippen LogP contribution in [0.3, 0.4) is 0 Å². The molecule has 0 spiro atoms. The Bertz CT molecular complexity index is 515. The lowest BCUT2D eigenvalue weighted by molar-refractivity contribution is 0.312. The molecule has 1 N–H and O–H groups in total. The van der Waals surface area contributed by atoms with Gasteiger partial charge in [-0.3, -0.25) is 4.68 Å². The van der Waals surface area contributed by atoms with E-state index in [0.29, 0.717) is 24.4 Å². The van der Waals surface area contributed by atoms with Gasteiger partial charge in [-0.15, -0.1) is 0 Å². The van der Waals surface area contributed by atoms with Crippen LogP contribution in [0.4, 0.5) is 5.95 Å². The highest BCUT2D eigenvalue weighted by Crippen LogP contribution is 2.18. The maximum absolute atomic E-state index is 5.36. The molecular weight excluding hydrogens is 244 g/mol. The van der Waals surface area contributed by atoms with Crippen molar-refractivity contribution in [2.75, 3.05) is 18.5 Å². The molecule has 0 aliphatic rings. The average molecular weight is 262 g/mol. The molecule has 0 saturated heterocycles. The first-order valence-corrected chi connectivity index (χ1v) is 6.42. The Morgan fingerprint density at radius 3 is 2.68 bits per heavy atom. The number of nitrogens with zero attached hydrogens (tertiary/aromatic N) is 5. The van der Waals surface area contributed by atoms with Gasteiger partial charge >= 0.3 is 6.01 Å². The quantitative estimate of drug-likeness (QED) is 0.851. The Balaban J connectivity index is 2.36. The van der Waals surface area contributed by atoms with E-state index in [1.807, 2.05) is 31.6 Å². The smallest absolute Gasteiger partial charge is 0.321 e. The minimum Gasteiger partial charge on any atom is -0.464 e. The second-order valence-electron chi connectivity index (χ2n) is 3.81. The monoisotopic (exact) mass is 262 g/mol. The first-order valence-electron chi connectivity index (χ1n) is 6.42.